The van der Waals surface area contributed by atoms with Gasteiger partial charge in [-0.2, -0.15) is 0 Å². The van der Waals surface area contributed by atoms with Crippen LogP contribution in [-0.2, 0) is 19.4 Å². The number of hydrogen-bond donors (Lipinski definition) is 0. The average Bonchev–Trinajstić information content (AvgIpc) is 2.73. The highest BCUT2D eigenvalue weighted by molar-refractivity contribution is 6.32. The first-order chi connectivity index (χ1) is 14.2. The van der Waals surface area contributed by atoms with Crippen molar-refractivity contribution in [1.82, 2.24) is 4.98 Å². The second-order valence-corrected chi connectivity index (χ2v) is 7.24. The lowest BCUT2D eigenvalue weighted by molar-refractivity contribution is 0.284. The van der Waals surface area contributed by atoms with E-state index >= 15 is 0 Å². The molecule has 1 heterocycles. The predicted molar refractivity (Wildman–Crippen MR) is 119 cm³/mol. The maximum Gasteiger partial charge on any atom is 0.180 e. The molecule has 0 fully saturated rings. The molecule has 0 atom stereocenters. The van der Waals surface area contributed by atoms with Gasteiger partial charge in [0.05, 0.1) is 12.1 Å². The molecule has 0 radical (unpaired) electrons. The lowest BCUT2D eigenvalue weighted by atomic mass is 10.1. The van der Waals surface area contributed by atoms with Crippen molar-refractivity contribution in [2.45, 2.75) is 19.4 Å². The predicted octanol–water partition coefficient (Wildman–Crippen LogP) is 5.83. The van der Waals surface area contributed by atoms with E-state index in [1.54, 1.807) is 13.3 Å². The summed E-state index contributed by atoms with van der Waals surface area (Å²) in [6, 6.07) is 17.2. The van der Waals surface area contributed by atoms with Crippen LogP contribution in [0.1, 0.15) is 16.8 Å². The van der Waals surface area contributed by atoms with Gasteiger partial charge in [-0.25, -0.2) is 0 Å². The standard InChI is InChI=1S/C23H22Cl2N2O2/c1-28-22-15-17(8-11-26-12-9-20-7-2-3-10-27-20)14-21(25)23(22)29-16-18-5-4-6-19(24)13-18/h2-7,10-11,13-15H,8-9,12,16H2,1H3. The van der Waals surface area contributed by atoms with Crippen LogP contribution in [0.25, 0.3) is 0 Å². The van der Waals surface area contributed by atoms with Crippen molar-refractivity contribution in [1.29, 1.82) is 0 Å². The summed E-state index contributed by atoms with van der Waals surface area (Å²) < 4.78 is 11.4. The first kappa shape index (κ1) is 21.2. The zero-order valence-corrected chi connectivity index (χ0v) is 17.7. The molecule has 2 aromatic carbocycles. The van der Waals surface area contributed by atoms with Crippen LogP contribution < -0.4 is 9.47 Å². The minimum absolute atomic E-state index is 0.352. The molecule has 0 amide bonds. The molecule has 6 heteroatoms. The van der Waals surface area contributed by atoms with Crippen molar-refractivity contribution in [2.75, 3.05) is 13.7 Å². The van der Waals surface area contributed by atoms with Crippen LogP contribution in [0.2, 0.25) is 10.0 Å². The average molecular weight is 429 g/mol. The van der Waals surface area contributed by atoms with E-state index in [2.05, 4.69) is 9.98 Å². The van der Waals surface area contributed by atoms with Crippen molar-refractivity contribution in [3.63, 3.8) is 0 Å². The molecular weight excluding hydrogens is 407 g/mol. The molecule has 29 heavy (non-hydrogen) atoms. The molecule has 0 aliphatic rings. The van der Waals surface area contributed by atoms with Gasteiger partial charge < -0.3 is 9.47 Å². The van der Waals surface area contributed by atoms with E-state index < -0.39 is 0 Å². The van der Waals surface area contributed by atoms with Crippen molar-refractivity contribution >= 4 is 29.4 Å². The molecule has 0 N–H and O–H groups in total. The largest absolute Gasteiger partial charge is 0.493 e. The lowest BCUT2D eigenvalue weighted by Gasteiger charge is -2.14. The van der Waals surface area contributed by atoms with Gasteiger partial charge in [-0.05, 0) is 47.5 Å². The van der Waals surface area contributed by atoms with Crippen LogP contribution in [-0.4, -0.2) is 24.9 Å². The Morgan fingerprint density at radius 3 is 2.69 bits per heavy atom. The van der Waals surface area contributed by atoms with E-state index in [9.17, 15) is 0 Å². The summed E-state index contributed by atoms with van der Waals surface area (Å²) in [5.41, 5.74) is 3.00. The van der Waals surface area contributed by atoms with Gasteiger partial charge in [0, 0.05) is 42.5 Å². The Morgan fingerprint density at radius 1 is 1.03 bits per heavy atom. The summed E-state index contributed by atoms with van der Waals surface area (Å²) in [5.74, 6) is 1.11. The molecule has 4 nitrogen and oxygen atoms in total. The van der Waals surface area contributed by atoms with Crippen LogP contribution in [0.15, 0.2) is 65.8 Å². The van der Waals surface area contributed by atoms with Crippen molar-refractivity contribution < 1.29 is 9.47 Å². The maximum absolute atomic E-state index is 6.45. The highest BCUT2D eigenvalue weighted by Crippen LogP contribution is 2.37. The lowest BCUT2D eigenvalue weighted by Crippen LogP contribution is -2.00. The van der Waals surface area contributed by atoms with Gasteiger partial charge in [0.1, 0.15) is 6.61 Å². The first-order valence-electron chi connectivity index (χ1n) is 9.27. The molecule has 150 valence electrons. The fourth-order valence-corrected chi connectivity index (χ4v) is 3.30. The van der Waals surface area contributed by atoms with E-state index in [4.69, 9.17) is 32.7 Å². The van der Waals surface area contributed by atoms with E-state index in [1.807, 2.05) is 60.8 Å². The van der Waals surface area contributed by atoms with Crippen molar-refractivity contribution in [2.24, 2.45) is 4.99 Å². The molecular formula is C23H22Cl2N2O2. The third-order valence-corrected chi connectivity index (χ3v) is 4.76. The molecule has 0 aliphatic carbocycles. The third-order valence-electron chi connectivity index (χ3n) is 4.24. The number of rotatable bonds is 9. The van der Waals surface area contributed by atoms with Gasteiger partial charge in [-0.3, -0.25) is 9.98 Å². The number of aliphatic imine (C=N–C) groups is 1. The van der Waals surface area contributed by atoms with E-state index in [0.717, 1.165) is 23.2 Å². The van der Waals surface area contributed by atoms with Gasteiger partial charge in [-0.15, -0.1) is 0 Å². The van der Waals surface area contributed by atoms with Crippen LogP contribution >= 0.6 is 23.2 Å². The molecule has 0 saturated heterocycles. The van der Waals surface area contributed by atoms with Gasteiger partial charge in [0.2, 0.25) is 0 Å². The molecule has 1 aromatic heterocycles. The molecule has 0 saturated carbocycles. The summed E-state index contributed by atoms with van der Waals surface area (Å²) in [5, 5.41) is 1.17. The molecule has 0 bridgehead atoms. The highest BCUT2D eigenvalue weighted by Gasteiger charge is 2.12. The molecule has 3 rings (SSSR count). The summed E-state index contributed by atoms with van der Waals surface area (Å²) >= 11 is 12.5. The molecule has 3 aromatic rings. The zero-order chi connectivity index (χ0) is 20.5. The zero-order valence-electron chi connectivity index (χ0n) is 16.1. The Labute approximate surface area is 181 Å². The topological polar surface area (TPSA) is 43.7 Å². The summed E-state index contributed by atoms with van der Waals surface area (Å²) in [6.07, 6.45) is 5.16. The monoisotopic (exact) mass is 428 g/mol. The fraction of sp³-hybridized carbons (Fsp3) is 0.217. The molecule has 0 spiro atoms. The Hall–Kier alpha value is -2.56. The fourth-order valence-electron chi connectivity index (χ4n) is 2.80. The van der Waals surface area contributed by atoms with Crippen LogP contribution in [0.3, 0.4) is 0 Å². The van der Waals surface area contributed by atoms with Crippen LogP contribution in [0.4, 0.5) is 0 Å². The van der Waals surface area contributed by atoms with Gasteiger partial charge in [0.15, 0.2) is 11.5 Å². The number of ether oxygens (including phenoxy) is 2. The summed E-state index contributed by atoms with van der Waals surface area (Å²) in [6.45, 7) is 1.05. The van der Waals surface area contributed by atoms with E-state index in [0.29, 0.717) is 41.1 Å². The second-order valence-electron chi connectivity index (χ2n) is 6.39. The van der Waals surface area contributed by atoms with Crippen molar-refractivity contribution in [3.05, 3.63) is 87.7 Å². The number of benzene rings is 2. The summed E-state index contributed by atoms with van der Waals surface area (Å²) in [4.78, 5) is 8.75. The SMILES string of the molecule is COc1cc(CC=NCCc2ccccn2)cc(Cl)c1OCc1cccc(Cl)c1. The highest BCUT2D eigenvalue weighted by atomic mass is 35.5. The Kier molecular flexibility index (Phi) is 7.91. The third kappa shape index (κ3) is 6.48. The minimum atomic E-state index is 0.352. The van der Waals surface area contributed by atoms with Gasteiger partial charge in [-0.1, -0.05) is 41.4 Å². The second kappa shape index (κ2) is 10.8. The normalized spacial score (nSPS) is 11.0. The quantitative estimate of drug-likeness (QED) is 0.402. The number of methoxy groups -OCH3 is 1. The number of hydrogen-bond acceptors (Lipinski definition) is 4. The summed E-state index contributed by atoms with van der Waals surface area (Å²) in [7, 11) is 1.60. The van der Waals surface area contributed by atoms with E-state index in [-0.39, 0.29) is 0 Å². The Bertz CT molecular complexity index is 962. The molecule has 0 unspecified atom stereocenters. The maximum atomic E-state index is 6.45. The first-order valence-corrected chi connectivity index (χ1v) is 10.0. The smallest absolute Gasteiger partial charge is 0.180 e. The number of aromatic nitrogens is 1. The number of pyridine rings is 1. The van der Waals surface area contributed by atoms with Crippen LogP contribution in [0, 0.1) is 0 Å². The van der Waals surface area contributed by atoms with Gasteiger partial charge in [0.25, 0.3) is 0 Å². The Balaban J connectivity index is 1.59. The Morgan fingerprint density at radius 2 is 1.93 bits per heavy atom. The van der Waals surface area contributed by atoms with Crippen molar-refractivity contribution in [3.8, 4) is 11.5 Å². The minimum Gasteiger partial charge on any atom is -0.493 e. The van der Waals surface area contributed by atoms with Gasteiger partial charge >= 0.3 is 0 Å². The van der Waals surface area contributed by atoms with Crippen LogP contribution in [0.5, 0.6) is 11.5 Å². The molecule has 0 aliphatic heterocycles. The number of halogens is 2. The van der Waals surface area contributed by atoms with E-state index in [1.165, 1.54) is 0 Å². The number of nitrogens with zero attached hydrogens (tertiary/aromatic N) is 2.